The molecule has 1 aliphatic rings. The Hall–Kier alpha value is -0.980. The van der Waals surface area contributed by atoms with Gasteiger partial charge in [0, 0.05) is 18.8 Å². The van der Waals surface area contributed by atoms with Crippen molar-refractivity contribution in [2.45, 2.75) is 53.9 Å². The molecule has 1 rings (SSSR count). The molecule has 1 saturated heterocycles. The number of rotatable bonds is 3. The first-order chi connectivity index (χ1) is 8.38. The highest BCUT2D eigenvalue weighted by Gasteiger charge is 2.09. The minimum absolute atomic E-state index is 1.19. The van der Waals surface area contributed by atoms with Crippen LogP contribution < -0.4 is 0 Å². The molecular formula is C16H31N. The fraction of sp³-hybridized carbons (Fsp3) is 0.625. The van der Waals surface area contributed by atoms with Crippen molar-refractivity contribution >= 4 is 0 Å². The summed E-state index contributed by atoms with van der Waals surface area (Å²) in [4.78, 5) is 2.41. The average molecular weight is 237 g/mol. The van der Waals surface area contributed by atoms with Gasteiger partial charge in [0.15, 0.2) is 0 Å². The van der Waals surface area contributed by atoms with E-state index in [9.17, 15) is 0 Å². The van der Waals surface area contributed by atoms with E-state index in [-0.39, 0.29) is 0 Å². The van der Waals surface area contributed by atoms with E-state index in [4.69, 9.17) is 0 Å². The molecule has 0 bridgehead atoms. The second-order valence-corrected chi connectivity index (χ2v) is 3.37. The molecule has 1 fully saturated rings. The highest BCUT2D eigenvalue weighted by atomic mass is 15.1. The number of piperidine rings is 1. The molecule has 0 spiro atoms. The van der Waals surface area contributed by atoms with E-state index in [0.29, 0.717) is 0 Å². The van der Waals surface area contributed by atoms with E-state index in [1.165, 1.54) is 38.0 Å². The zero-order valence-electron chi connectivity index (χ0n) is 12.5. The number of nitrogens with zero attached hydrogens (tertiary/aromatic N) is 1. The van der Waals surface area contributed by atoms with E-state index in [1.54, 1.807) is 0 Å². The van der Waals surface area contributed by atoms with E-state index in [2.05, 4.69) is 23.6 Å². The van der Waals surface area contributed by atoms with Crippen molar-refractivity contribution in [2.24, 2.45) is 0 Å². The van der Waals surface area contributed by atoms with E-state index in [0.717, 1.165) is 0 Å². The highest BCUT2D eigenvalue weighted by Crippen LogP contribution is 2.15. The Morgan fingerprint density at radius 3 is 1.94 bits per heavy atom. The maximum absolute atomic E-state index is 3.85. The molecule has 0 saturated carbocycles. The second kappa shape index (κ2) is 15.0. The largest absolute Gasteiger partial charge is 0.372 e. The van der Waals surface area contributed by atoms with Crippen molar-refractivity contribution in [3.63, 3.8) is 0 Å². The zero-order valence-corrected chi connectivity index (χ0v) is 12.5. The summed E-state index contributed by atoms with van der Waals surface area (Å²) in [6.45, 7) is 16.3. The molecule has 0 aromatic rings. The van der Waals surface area contributed by atoms with Gasteiger partial charge >= 0.3 is 0 Å². The van der Waals surface area contributed by atoms with E-state index < -0.39 is 0 Å². The van der Waals surface area contributed by atoms with Gasteiger partial charge in [-0.3, -0.25) is 0 Å². The van der Waals surface area contributed by atoms with Crippen molar-refractivity contribution in [2.75, 3.05) is 13.1 Å². The summed E-state index contributed by atoms with van der Waals surface area (Å²) in [5.74, 6) is 0. The molecule has 0 unspecified atom stereocenters. The molecule has 1 nitrogen and oxygen atoms in total. The van der Waals surface area contributed by atoms with Crippen LogP contribution in [-0.2, 0) is 0 Å². The van der Waals surface area contributed by atoms with Crippen molar-refractivity contribution in [3.8, 4) is 0 Å². The van der Waals surface area contributed by atoms with Gasteiger partial charge in [-0.15, -0.1) is 0 Å². The third kappa shape index (κ3) is 8.79. The molecular weight excluding hydrogens is 206 g/mol. The molecule has 0 radical (unpaired) electrons. The van der Waals surface area contributed by atoms with Crippen molar-refractivity contribution in [1.29, 1.82) is 0 Å². The molecule has 0 aliphatic carbocycles. The fourth-order valence-electron chi connectivity index (χ4n) is 1.65. The van der Waals surface area contributed by atoms with Crippen LogP contribution >= 0.6 is 0 Å². The lowest BCUT2D eigenvalue weighted by atomic mass is 10.1. The summed E-state index contributed by atoms with van der Waals surface area (Å²) in [6.07, 6.45) is 12.2. The number of allylic oxidation sites excluding steroid dienone is 4. The third-order valence-corrected chi connectivity index (χ3v) is 2.39. The second-order valence-electron chi connectivity index (χ2n) is 3.37. The molecule has 1 heterocycles. The van der Waals surface area contributed by atoms with Gasteiger partial charge in [-0.05, 0) is 38.3 Å². The van der Waals surface area contributed by atoms with Crippen LogP contribution in [-0.4, -0.2) is 18.0 Å². The van der Waals surface area contributed by atoms with E-state index >= 15 is 0 Å². The predicted octanol–water partition coefficient (Wildman–Crippen LogP) is 5.17. The van der Waals surface area contributed by atoms with Gasteiger partial charge in [0.25, 0.3) is 0 Å². The Labute approximate surface area is 109 Å². The van der Waals surface area contributed by atoms with Gasteiger partial charge < -0.3 is 4.90 Å². The predicted molar refractivity (Wildman–Crippen MR) is 81.2 cm³/mol. The number of hydrogen-bond donors (Lipinski definition) is 0. The van der Waals surface area contributed by atoms with Gasteiger partial charge in [-0.1, -0.05) is 46.4 Å². The summed E-state index contributed by atoms with van der Waals surface area (Å²) >= 11 is 0. The molecule has 1 aliphatic heterocycles. The van der Waals surface area contributed by atoms with E-state index in [1.807, 2.05) is 46.8 Å². The van der Waals surface area contributed by atoms with Crippen LogP contribution in [0.2, 0.25) is 0 Å². The lowest BCUT2D eigenvalue weighted by Crippen LogP contribution is -2.28. The summed E-state index contributed by atoms with van der Waals surface area (Å²) in [5, 5.41) is 0. The molecule has 0 aromatic heterocycles. The summed E-state index contributed by atoms with van der Waals surface area (Å²) in [6, 6.07) is 0. The third-order valence-electron chi connectivity index (χ3n) is 2.39. The van der Waals surface area contributed by atoms with Crippen molar-refractivity contribution < 1.29 is 0 Å². The molecule has 0 N–H and O–H groups in total. The first-order valence-electron chi connectivity index (χ1n) is 7.09. The summed E-state index contributed by atoms with van der Waals surface area (Å²) < 4.78 is 0. The fourth-order valence-corrected chi connectivity index (χ4v) is 1.65. The van der Waals surface area contributed by atoms with Gasteiger partial charge in [0.2, 0.25) is 0 Å². The van der Waals surface area contributed by atoms with Crippen LogP contribution in [0.1, 0.15) is 53.9 Å². The van der Waals surface area contributed by atoms with Gasteiger partial charge in [-0.2, -0.15) is 0 Å². The van der Waals surface area contributed by atoms with Gasteiger partial charge in [-0.25, -0.2) is 0 Å². The SMILES string of the molecule is C=C/C(=C\C=C/C)N1CCCCC1.CC.CC. The topological polar surface area (TPSA) is 3.24 Å². The van der Waals surface area contributed by atoms with Gasteiger partial charge in [0.1, 0.15) is 0 Å². The molecule has 0 aromatic carbocycles. The molecule has 17 heavy (non-hydrogen) atoms. The van der Waals surface area contributed by atoms with Crippen LogP contribution in [0.3, 0.4) is 0 Å². The van der Waals surface area contributed by atoms with Gasteiger partial charge in [0.05, 0.1) is 0 Å². The van der Waals surface area contributed by atoms with Crippen LogP contribution in [0.25, 0.3) is 0 Å². The summed E-state index contributed by atoms with van der Waals surface area (Å²) in [7, 11) is 0. The van der Waals surface area contributed by atoms with Crippen LogP contribution in [0.5, 0.6) is 0 Å². The zero-order chi connectivity index (χ0) is 13.5. The number of likely N-dealkylation sites (tertiary alicyclic amines) is 1. The Morgan fingerprint density at radius 1 is 1.00 bits per heavy atom. The summed E-state index contributed by atoms with van der Waals surface area (Å²) in [5.41, 5.74) is 1.26. The Bertz CT molecular complexity index is 208. The first kappa shape index (κ1) is 18.4. The van der Waals surface area contributed by atoms with Crippen LogP contribution in [0, 0.1) is 0 Å². The standard InChI is InChI=1S/C12H19N.2C2H6/c1-3-5-9-12(4-2)13-10-7-6-8-11-13;2*1-2/h3-5,9H,2,6-8,10-11H2,1H3;2*1-2H3/b5-3-,12-9+;;. The lowest BCUT2D eigenvalue weighted by Gasteiger charge is -2.29. The van der Waals surface area contributed by atoms with Crippen LogP contribution in [0.15, 0.2) is 36.6 Å². The molecule has 0 amide bonds. The minimum Gasteiger partial charge on any atom is -0.372 e. The maximum Gasteiger partial charge on any atom is 0.0360 e. The Morgan fingerprint density at radius 2 is 1.53 bits per heavy atom. The minimum atomic E-state index is 1.19. The Kier molecular flexibility index (Phi) is 16.2. The molecule has 0 atom stereocenters. The molecule has 100 valence electrons. The van der Waals surface area contributed by atoms with Crippen molar-refractivity contribution in [1.82, 2.24) is 4.90 Å². The highest BCUT2D eigenvalue weighted by molar-refractivity contribution is 5.21. The Balaban J connectivity index is 0. The number of hydrogen-bond acceptors (Lipinski definition) is 1. The lowest BCUT2D eigenvalue weighted by molar-refractivity contribution is 0.293. The average Bonchev–Trinajstić information content (AvgIpc) is 2.45. The van der Waals surface area contributed by atoms with Crippen molar-refractivity contribution in [3.05, 3.63) is 36.6 Å². The molecule has 1 heteroatoms. The maximum atomic E-state index is 3.85. The quantitative estimate of drug-likeness (QED) is 0.612. The van der Waals surface area contributed by atoms with Crippen LogP contribution in [0.4, 0.5) is 0 Å². The normalized spacial score (nSPS) is 15.6. The first-order valence-corrected chi connectivity index (χ1v) is 7.09. The smallest absolute Gasteiger partial charge is 0.0360 e. The monoisotopic (exact) mass is 237 g/mol.